The fourth-order valence-corrected chi connectivity index (χ4v) is 2.43. The Kier molecular flexibility index (Phi) is 4.48. The zero-order valence-corrected chi connectivity index (χ0v) is 14.0. The van der Waals surface area contributed by atoms with Crippen molar-refractivity contribution in [3.63, 3.8) is 0 Å². The smallest absolute Gasteiger partial charge is 0.216 e. The van der Waals surface area contributed by atoms with E-state index in [1.54, 1.807) is 10.9 Å². The van der Waals surface area contributed by atoms with Crippen molar-refractivity contribution < 1.29 is 0 Å². The van der Waals surface area contributed by atoms with Gasteiger partial charge in [0.1, 0.15) is 0 Å². The summed E-state index contributed by atoms with van der Waals surface area (Å²) in [7, 11) is 0. The standard InChI is InChI=1S/C18H18N4S/c1-3-14-6-8-15(9-7-14)12-19-22-17(20-21-18(22)23)16-10-4-13(2)5-11-16/h4-12H,3H2,1-2H3,(H,21,23)/b19-12-. The number of aromatic amines is 1. The lowest BCUT2D eigenvalue weighted by Crippen LogP contribution is -1.95. The molecule has 1 aromatic heterocycles. The van der Waals surface area contributed by atoms with Crippen LogP contribution < -0.4 is 0 Å². The minimum atomic E-state index is 0.474. The van der Waals surface area contributed by atoms with E-state index in [1.807, 2.05) is 24.3 Å². The van der Waals surface area contributed by atoms with E-state index in [-0.39, 0.29) is 0 Å². The molecule has 0 radical (unpaired) electrons. The molecular formula is C18H18N4S. The van der Waals surface area contributed by atoms with Gasteiger partial charge in [-0.25, -0.2) is 5.10 Å². The second-order valence-electron chi connectivity index (χ2n) is 5.37. The van der Waals surface area contributed by atoms with Gasteiger partial charge in [0.25, 0.3) is 0 Å². The minimum Gasteiger partial charge on any atom is -0.250 e. The second-order valence-corrected chi connectivity index (χ2v) is 5.76. The van der Waals surface area contributed by atoms with E-state index < -0.39 is 0 Å². The average Bonchev–Trinajstić information content (AvgIpc) is 2.95. The number of aryl methyl sites for hydroxylation is 2. The van der Waals surface area contributed by atoms with Crippen molar-refractivity contribution in [1.82, 2.24) is 14.9 Å². The summed E-state index contributed by atoms with van der Waals surface area (Å²) in [6, 6.07) is 16.4. The number of nitrogens with zero attached hydrogens (tertiary/aromatic N) is 3. The molecule has 0 amide bonds. The molecule has 0 aliphatic heterocycles. The molecule has 1 N–H and O–H groups in total. The molecule has 116 valence electrons. The van der Waals surface area contributed by atoms with Gasteiger partial charge in [-0.05, 0) is 36.7 Å². The van der Waals surface area contributed by atoms with Gasteiger partial charge >= 0.3 is 0 Å². The van der Waals surface area contributed by atoms with Gasteiger partial charge in [-0.2, -0.15) is 14.9 Å². The SMILES string of the molecule is CCc1ccc(/C=N\n2c(-c3ccc(C)cc3)n[nH]c2=S)cc1. The second kappa shape index (κ2) is 6.71. The Bertz CT molecular complexity index is 871. The molecule has 1 heterocycles. The van der Waals surface area contributed by atoms with Crippen LogP contribution in [0.3, 0.4) is 0 Å². The summed E-state index contributed by atoms with van der Waals surface area (Å²) < 4.78 is 2.12. The first-order valence-corrected chi connectivity index (χ1v) is 7.96. The summed E-state index contributed by atoms with van der Waals surface area (Å²) in [6.45, 7) is 4.20. The number of rotatable bonds is 4. The van der Waals surface area contributed by atoms with Crippen LogP contribution in [-0.2, 0) is 6.42 Å². The van der Waals surface area contributed by atoms with E-state index in [0.29, 0.717) is 10.6 Å². The Morgan fingerprint density at radius 2 is 1.83 bits per heavy atom. The Labute approximate surface area is 140 Å². The minimum absolute atomic E-state index is 0.474. The lowest BCUT2D eigenvalue weighted by atomic mass is 10.1. The van der Waals surface area contributed by atoms with Crippen LogP contribution in [0.15, 0.2) is 53.6 Å². The monoisotopic (exact) mass is 322 g/mol. The van der Waals surface area contributed by atoms with Gasteiger partial charge in [-0.15, -0.1) is 0 Å². The Morgan fingerprint density at radius 1 is 1.13 bits per heavy atom. The van der Waals surface area contributed by atoms with Crippen LogP contribution in [-0.4, -0.2) is 21.1 Å². The van der Waals surface area contributed by atoms with Gasteiger partial charge in [0.2, 0.25) is 4.77 Å². The molecule has 3 aromatic rings. The van der Waals surface area contributed by atoms with Crippen molar-refractivity contribution in [1.29, 1.82) is 0 Å². The molecule has 0 spiro atoms. The highest BCUT2D eigenvalue weighted by Gasteiger charge is 2.07. The largest absolute Gasteiger partial charge is 0.250 e. The molecule has 23 heavy (non-hydrogen) atoms. The van der Waals surface area contributed by atoms with Crippen LogP contribution in [0, 0.1) is 11.7 Å². The highest BCUT2D eigenvalue weighted by molar-refractivity contribution is 7.71. The van der Waals surface area contributed by atoms with E-state index in [4.69, 9.17) is 12.2 Å². The number of hydrogen-bond donors (Lipinski definition) is 1. The number of H-pyrrole nitrogens is 1. The summed E-state index contributed by atoms with van der Waals surface area (Å²) in [4.78, 5) is 0. The fourth-order valence-electron chi connectivity index (χ4n) is 2.25. The quantitative estimate of drug-likeness (QED) is 0.573. The van der Waals surface area contributed by atoms with Gasteiger partial charge in [-0.3, -0.25) is 0 Å². The zero-order valence-electron chi connectivity index (χ0n) is 13.2. The molecule has 0 saturated heterocycles. The van der Waals surface area contributed by atoms with Gasteiger partial charge in [0.05, 0.1) is 6.21 Å². The lowest BCUT2D eigenvalue weighted by molar-refractivity contribution is 0.871. The molecule has 0 atom stereocenters. The maximum Gasteiger partial charge on any atom is 0.216 e. The summed E-state index contributed by atoms with van der Waals surface area (Å²) >= 11 is 5.28. The Balaban J connectivity index is 1.93. The first kappa shape index (κ1) is 15.4. The van der Waals surface area contributed by atoms with Crippen LogP contribution >= 0.6 is 12.2 Å². The normalized spacial score (nSPS) is 11.2. The van der Waals surface area contributed by atoms with Crippen LogP contribution in [0.1, 0.15) is 23.6 Å². The number of benzene rings is 2. The van der Waals surface area contributed by atoms with Crippen molar-refractivity contribution in [2.24, 2.45) is 5.10 Å². The third-order valence-corrected chi connectivity index (χ3v) is 3.93. The van der Waals surface area contributed by atoms with Crippen molar-refractivity contribution >= 4 is 18.4 Å². The predicted octanol–water partition coefficient (Wildman–Crippen LogP) is 4.36. The molecule has 4 nitrogen and oxygen atoms in total. The molecule has 5 heteroatoms. The van der Waals surface area contributed by atoms with Gasteiger partial charge in [-0.1, -0.05) is 61.0 Å². The summed E-state index contributed by atoms with van der Waals surface area (Å²) in [5.74, 6) is 0.705. The molecule has 0 aliphatic carbocycles. The molecule has 2 aromatic carbocycles. The zero-order chi connectivity index (χ0) is 16.2. The van der Waals surface area contributed by atoms with E-state index in [9.17, 15) is 0 Å². The Hall–Kier alpha value is -2.53. The summed E-state index contributed by atoms with van der Waals surface area (Å²) in [5, 5.41) is 11.6. The van der Waals surface area contributed by atoms with E-state index in [2.05, 4.69) is 53.4 Å². The fraction of sp³-hybridized carbons (Fsp3) is 0.167. The number of hydrogen-bond acceptors (Lipinski definition) is 3. The van der Waals surface area contributed by atoms with Gasteiger partial charge < -0.3 is 0 Å². The van der Waals surface area contributed by atoms with Crippen LogP contribution in [0.25, 0.3) is 11.4 Å². The first-order valence-electron chi connectivity index (χ1n) is 7.55. The summed E-state index contributed by atoms with van der Waals surface area (Å²) in [6.07, 6.45) is 2.82. The molecule has 0 fully saturated rings. The Morgan fingerprint density at radius 3 is 2.48 bits per heavy atom. The molecule has 0 unspecified atom stereocenters. The van der Waals surface area contributed by atoms with Crippen molar-refractivity contribution in [2.75, 3.05) is 0 Å². The topological polar surface area (TPSA) is 46.0 Å². The molecule has 0 aliphatic rings. The highest BCUT2D eigenvalue weighted by atomic mass is 32.1. The lowest BCUT2D eigenvalue weighted by Gasteiger charge is -2.02. The van der Waals surface area contributed by atoms with Crippen molar-refractivity contribution in [3.05, 3.63) is 70.0 Å². The van der Waals surface area contributed by atoms with E-state index >= 15 is 0 Å². The van der Waals surface area contributed by atoms with Crippen molar-refractivity contribution in [3.8, 4) is 11.4 Å². The van der Waals surface area contributed by atoms with Crippen LogP contribution in [0.2, 0.25) is 0 Å². The molecule has 0 bridgehead atoms. The van der Waals surface area contributed by atoms with Crippen LogP contribution in [0.5, 0.6) is 0 Å². The predicted molar refractivity (Wildman–Crippen MR) is 96.4 cm³/mol. The molecular weight excluding hydrogens is 304 g/mol. The summed E-state index contributed by atoms with van der Waals surface area (Å²) in [5.41, 5.74) is 4.51. The number of nitrogens with one attached hydrogen (secondary N) is 1. The molecule has 0 saturated carbocycles. The maximum atomic E-state index is 5.28. The van der Waals surface area contributed by atoms with E-state index in [1.165, 1.54) is 11.1 Å². The van der Waals surface area contributed by atoms with Crippen molar-refractivity contribution in [2.45, 2.75) is 20.3 Å². The van der Waals surface area contributed by atoms with Gasteiger partial charge in [0, 0.05) is 5.56 Å². The van der Waals surface area contributed by atoms with Gasteiger partial charge in [0.15, 0.2) is 5.82 Å². The average molecular weight is 322 g/mol. The maximum absolute atomic E-state index is 5.28. The number of aromatic nitrogens is 3. The first-order chi connectivity index (χ1) is 11.2. The van der Waals surface area contributed by atoms with E-state index in [0.717, 1.165) is 17.5 Å². The third kappa shape index (κ3) is 3.46. The molecule has 3 rings (SSSR count). The highest BCUT2D eigenvalue weighted by Crippen LogP contribution is 2.17. The third-order valence-electron chi connectivity index (χ3n) is 3.67. The van der Waals surface area contributed by atoms with Crippen LogP contribution in [0.4, 0.5) is 0 Å².